The third-order valence-corrected chi connectivity index (χ3v) is 2.31. The highest BCUT2D eigenvalue weighted by Gasteiger charge is 2.15. The number of halogens is 2. The van der Waals surface area contributed by atoms with Crippen molar-refractivity contribution in [3.05, 3.63) is 30.0 Å². The van der Waals surface area contributed by atoms with Crippen molar-refractivity contribution in [2.45, 2.75) is 0 Å². The van der Waals surface area contributed by atoms with E-state index in [0.29, 0.717) is 11.6 Å². The number of aromatic hydroxyl groups is 1. The third-order valence-electron chi connectivity index (χ3n) is 2.31. The lowest BCUT2D eigenvalue weighted by Gasteiger charge is -2.04. The molecule has 0 fully saturated rings. The summed E-state index contributed by atoms with van der Waals surface area (Å²) in [6.07, 6.45) is 1.35. The maximum absolute atomic E-state index is 13.5. The average Bonchev–Trinajstić information content (AvgIpc) is 2.54. The van der Waals surface area contributed by atoms with Crippen LogP contribution >= 0.6 is 0 Å². The highest BCUT2D eigenvalue weighted by molar-refractivity contribution is 5.74. The van der Waals surface area contributed by atoms with E-state index in [9.17, 15) is 13.9 Å². The lowest BCUT2D eigenvalue weighted by molar-refractivity contribution is 0.428. The fourth-order valence-electron chi connectivity index (χ4n) is 1.40. The van der Waals surface area contributed by atoms with Crippen molar-refractivity contribution in [2.24, 2.45) is 7.05 Å². The molecule has 0 saturated heterocycles. The Bertz CT molecular complexity index is 551. The van der Waals surface area contributed by atoms with Gasteiger partial charge in [-0.3, -0.25) is 4.68 Å². The highest BCUT2D eigenvalue weighted by atomic mass is 19.1. The van der Waals surface area contributed by atoms with Crippen LogP contribution in [0.3, 0.4) is 0 Å². The van der Waals surface area contributed by atoms with Crippen molar-refractivity contribution in [1.29, 1.82) is 0 Å². The highest BCUT2D eigenvalue weighted by Crippen LogP contribution is 2.31. The number of rotatable bonds is 1. The summed E-state index contributed by atoms with van der Waals surface area (Å²) in [4.78, 5) is 0. The summed E-state index contributed by atoms with van der Waals surface area (Å²) in [6.45, 7) is 0. The Hall–Kier alpha value is -2.11. The Kier molecular flexibility index (Phi) is 2.26. The number of hydrogen-bond donors (Lipinski definition) is 2. The molecule has 6 heteroatoms. The topological polar surface area (TPSA) is 64.1 Å². The molecule has 0 amide bonds. The molecule has 0 atom stereocenters. The number of phenols is 1. The Labute approximate surface area is 89.9 Å². The van der Waals surface area contributed by atoms with Crippen LogP contribution in [0.5, 0.6) is 5.75 Å². The average molecular weight is 225 g/mol. The molecule has 0 aliphatic heterocycles. The molecule has 0 unspecified atom stereocenters. The molecule has 4 nitrogen and oxygen atoms in total. The first-order valence-electron chi connectivity index (χ1n) is 4.46. The van der Waals surface area contributed by atoms with Gasteiger partial charge in [-0.1, -0.05) is 0 Å². The number of aryl methyl sites for hydroxylation is 1. The third kappa shape index (κ3) is 1.48. The molecule has 2 rings (SSSR count). The first-order chi connectivity index (χ1) is 7.50. The van der Waals surface area contributed by atoms with Gasteiger partial charge in [0.05, 0.1) is 6.20 Å². The van der Waals surface area contributed by atoms with E-state index in [1.807, 2.05) is 0 Å². The van der Waals surface area contributed by atoms with Crippen molar-refractivity contribution < 1.29 is 13.9 Å². The second-order valence-corrected chi connectivity index (χ2v) is 3.35. The van der Waals surface area contributed by atoms with Crippen molar-refractivity contribution in [3.63, 3.8) is 0 Å². The van der Waals surface area contributed by atoms with E-state index < -0.39 is 17.4 Å². The lowest BCUT2D eigenvalue weighted by atomic mass is 10.1. The van der Waals surface area contributed by atoms with Crippen molar-refractivity contribution in [3.8, 4) is 16.9 Å². The van der Waals surface area contributed by atoms with Gasteiger partial charge in [-0.2, -0.15) is 5.10 Å². The van der Waals surface area contributed by atoms with Gasteiger partial charge >= 0.3 is 0 Å². The van der Waals surface area contributed by atoms with E-state index in [1.165, 1.54) is 10.9 Å². The van der Waals surface area contributed by atoms with E-state index in [4.69, 9.17) is 5.73 Å². The van der Waals surface area contributed by atoms with E-state index in [2.05, 4.69) is 5.10 Å². The molecule has 0 saturated carbocycles. The second kappa shape index (κ2) is 3.48. The SMILES string of the molecule is Cn1ncc(-c2cc(O)c(F)cc2F)c1N. The minimum Gasteiger partial charge on any atom is -0.505 e. The maximum atomic E-state index is 13.5. The predicted octanol–water partition coefficient (Wildman–Crippen LogP) is 1.65. The molecule has 0 aliphatic carbocycles. The first-order valence-corrected chi connectivity index (χ1v) is 4.46. The van der Waals surface area contributed by atoms with Crippen LogP contribution in [0.25, 0.3) is 11.1 Å². The summed E-state index contributed by atoms with van der Waals surface area (Å²) in [5.74, 6) is -2.19. The number of nitrogen functional groups attached to an aromatic ring is 1. The number of nitrogens with two attached hydrogens (primary N) is 1. The predicted molar refractivity (Wildman–Crippen MR) is 54.6 cm³/mol. The number of nitrogens with zero attached hydrogens (tertiary/aromatic N) is 2. The van der Waals surface area contributed by atoms with Crippen LogP contribution < -0.4 is 5.73 Å². The van der Waals surface area contributed by atoms with Crippen molar-refractivity contribution in [2.75, 3.05) is 5.73 Å². The summed E-state index contributed by atoms with van der Waals surface area (Å²) in [5, 5.41) is 13.0. The zero-order chi connectivity index (χ0) is 11.9. The zero-order valence-corrected chi connectivity index (χ0v) is 8.41. The molecule has 3 N–H and O–H groups in total. The van der Waals surface area contributed by atoms with Gasteiger partial charge in [-0.15, -0.1) is 0 Å². The van der Waals surface area contributed by atoms with Crippen LogP contribution in [-0.2, 0) is 7.05 Å². The first kappa shape index (κ1) is 10.4. The van der Waals surface area contributed by atoms with Crippen LogP contribution in [-0.4, -0.2) is 14.9 Å². The maximum Gasteiger partial charge on any atom is 0.167 e. The van der Waals surface area contributed by atoms with Gasteiger partial charge in [-0.25, -0.2) is 8.78 Å². The number of benzene rings is 1. The van der Waals surface area contributed by atoms with E-state index in [0.717, 1.165) is 6.07 Å². The van der Waals surface area contributed by atoms with Gasteiger partial charge in [0.1, 0.15) is 11.6 Å². The Balaban J connectivity index is 2.65. The van der Waals surface area contributed by atoms with E-state index >= 15 is 0 Å². The largest absolute Gasteiger partial charge is 0.505 e. The normalized spacial score (nSPS) is 10.7. The van der Waals surface area contributed by atoms with Crippen LogP contribution in [0.4, 0.5) is 14.6 Å². The quantitative estimate of drug-likeness (QED) is 0.775. The standard InChI is InChI=1S/C10H9F2N3O/c1-15-10(13)6(4-14-15)5-2-9(16)8(12)3-7(5)11/h2-4,16H,13H2,1H3. The lowest BCUT2D eigenvalue weighted by Crippen LogP contribution is -1.98. The summed E-state index contributed by atoms with van der Waals surface area (Å²) in [5.41, 5.74) is 5.98. The van der Waals surface area contributed by atoms with E-state index in [1.54, 1.807) is 7.05 Å². The Morgan fingerprint density at radius 3 is 2.50 bits per heavy atom. The van der Waals surface area contributed by atoms with Crippen LogP contribution in [0, 0.1) is 11.6 Å². The van der Waals surface area contributed by atoms with Crippen molar-refractivity contribution >= 4 is 5.82 Å². The minimum atomic E-state index is -1.01. The Morgan fingerprint density at radius 1 is 1.25 bits per heavy atom. The number of aromatic nitrogens is 2. The van der Waals surface area contributed by atoms with Gasteiger partial charge in [0.25, 0.3) is 0 Å². The van der Waals surface area contributed by atoms with Crippen LogP contribution in [0.2, 0.25) is 0 Å². The van der Waals surface area contributed by atoms with Gasteiger partial charge in [0, 0.05) is 24.2 Å². The summed E-state index contributed by atoms with van der Waals surface area (Å²) < 4.78 is 27.7. The number of anilines is 1. The minimum absolute atomic E-state index is 0.0181. The molecule has 0 radical (unpaired) electrons. The fourth-order valence-corrected chi connectivity index (χ4v) is 1.40. The molecular weight excluding hydrogens is 216 g/mol. The molecule has 0 aliphatic rings. The number of phenolic OH excluding ortho intramolecular Hbond substituents is 1. The van der Waals surface area contributed by atoms with Crippen molar-refractivity contribution in [1.82, 2.24) is 9.78 Å². The van der Waals surface area contributed by atoms with Gasteiger partial charge in [0.15, 0.2) is 11.6 Å². The molecule has 1 aromatic carbocycles. The second-order valence-electron chi connectivity index (χ2n) is 3.35. The summed E-state index contributed by atoms with van der Waals surface area (Å²) >= 11 is 0. The monoisotopic (exact) mass is 225 g/mol. The fraction of sp³-hybridized carbons (Fsp3) is 0.100. The van der Waals surface area contributed by atoms with Gasteiger partial charge < -0.3 is 10.8 Å². The summed E-state index contributed by atoms with van der Waals surface area (Å²) in [7, 11) is 1.60. The molecule has 84 valence electrons. The number of hydrogen-bond acceptors (Lipinski definition) is 3. The van der Waals surface area contributed by atoms with Gasteiger partial charge in [0.2, 0.25) is 0 Å². The molecule has 16 heavy (non-hydrogen) atoms. The van der Waals surface area contributed by atoms with E-state index in [-0.39, 0.29) is 11.4 Å². The molecule has 1 heterocycles. The smallest absolute Gasteiger partial charge is 0.167 e. The van der Waals surface area contributed by atoms with Crippen LogP contribution in [0.15, 0.2) is 18.3 Å². The van der Waals surface area contributed by atoms with Gasteiger partial charge in [-0.05, 0) is 6.07 Å². The molecule has 2 aromatic rings. The van der Waals surface area contributed by atoms with Crippen LogP contribution in [0.1, 0.15) is 0 Å². The molecule has 0 bridgehead atoms. The Morgan fingerprint density at radius 2 is 1.94 bits per heavy atom. The molecule has 1 aromatic heterocycles. The molecular formula is C10H9F2N3O. The summed E-state index contributed by atoms with van der Waals surface area (Å²) in [6, 6.07) is 1.59. The molecule has 0 spiro atoms. The zero-order valence-electron chi connectivity index (χ0n) is 8.41.